The molecule has 0 aliphatic rings. The number of amides is 1. The first-order chi connectivity index (χ1) is 4.92. The van der Waals surface area contributed by atoms with Gasteiger partial charge in [-0.05, 0) is 6.42 Å². The highest BCUT2D eigenvalue weighted by molar-refractivity contribution is 7.86. The monoisotopic (exact) mass is 183 g/mol. The summed E-state index contributed by atoms with van der Waals surface area (Å²) >= 11 is 0. The van der Waals surface area contributed by atoms with E-state index in [2.05, 4.69) is 5.32 Å². The first-order valence-electron chi connectivity index (χ1n) is 3.08. The van der Waals surface area contributed by atoms with Crippen LogP contribution in [0.1, 0.15) is 13.3 Å². The second-order valence-corrected chi connectivity index (χ2v) is 3.57. The summed E-state index contributed by atoms with van der Waals surface area (Å²) in [6, 6.07) is 0. The molecule has 0 heterocycles. The van der Waals surface area contributed by atoms with Crippen molar-refractivity contribution in [2.75, 3.05) is 12.3 Å². The van der Waals surface area contributed by atoms with Crippen LogP contribution in [0.25, 0.3) is 0 Å². The van der Waals surface area contributed by atoms with E-state index in [9.17, 15) is 17.1 Å². The van der Waals surface area contributed by atoms with Gasteiger partial charge in [-0.25, -0.2) is 0 Å². The molecule has 0 aromatic heterocycles. The summed E-state index contributed by atoms with van der Waals surface area (Å²) in [6.45, 7) is 1.50. The minimum absolute atomic E-state index is 0.110. The Labute approximate surface area is 65.0 Å². The third kappa shape index (κ3) is 9.35. The van der Waals surface area contributed by atoms with Crippen molar-refractivity contribution in [1.82, 2.24) is 5.32 Å². The average Bonchev–Trinajstić information content (AvgIpc) is 1.78. The van der Waals surface area contributed by atoms with Gasteiger partial charge in [0.1, 0.15) is 0 Å². The molecule has 1 N–H and O–H groups in total. The molecule has 11 heavy (non-hydrogen) atoms. The van der Waals surface area contributed by atoms with Crippen LogP contribution in [0, 0.1) is 0 Å². The van der Waals surface area contributed by atoms with Gasteiger partial charge in [-0.1, -0.05) is 0 Å². The molecule has 4 nitrogen and oxygen atoms in total. The van der Waals surface area contributed by atoms with Crippen molar-refractivity contribution >= 4 is 16.1 Å². The average molecular weight is 183 g/mol. The van der Waals surface area contributed by atoms with Gasteiger partial charge in [0.2, 0.25) is 5.91 Å². The summed E-state index contributed by atoms with van der Waals surface area (Å²) in [4.78, 5) is 10.2. The van der Waals surface area contributed by atoms with Crippen molar-refractivity contribution in [2.45, 2.75) is 13.3 Å². The highest BCUT2D eigenvalue weighted by atomic mass is 32.3. The SMILES string of the molecule is CC(=O)NCCCS(=O)(=O)F. The predicted molar refractivity (Wildman–Crippen MR) is 38.2 cm³/mol. The summed E-state index contributed by atoms with van der Waals surface area (Å²) in [5.74, 6) is -0.783. The van der Waals surface area contributed by atoms with E-state index in [0.29, 0.717) is 0 Å². The number of rotatable bonds is 4. The molecule has 0 bridgehead atoms. The molecule has 0 saturated carbocycles. The third-order valence-electron chi connectivity index (χ3n) is 0.939. The summed E-state index contributed by atoms with van der Waals surface area (Å²) in [6.07, 6.45) is 0.110. The van der Waals surface area contributed by atoms with Crippen LogP contribution in [0.2, 0.25) is 0 Å². The van der Waals surface area contributed by atoms with Crippen LogP contribution in [0.15, 0.2) is 0 Å². The molecular formula is C5H10FNO3S. The Morgan fingerprint density at radius 2 is 2.09 bits per heavy atom. The topological polar surface area (TPSA) is 63.2 Å². The Kier molecular flexibility index (Phi) is 4.02. The van der Waals surface area contributed by atoms with E-state index in [4.69, 9.17) is 0 Å². The number of halogens is 1. The van der Waals surface area contributed by atoms with Crippen LogP contribution in [-0.4, -0.2) is 26.6 Å². The van der Waals surface area contributed by atoms with Gasteiger partial charge in [0.25, 0.3) is 0 Å². The van der Waals surface area contributed by atoms with Crippen molar-refractivity contribution in [1.29, 1.82) is 0 Å². The van der Waals surface area contributed by atoms with Gasteiger partial charge in [0.15, 0.2) is 0 Å². The van der Waals surface area contributed by atoms with Gasteiger partial charge in [-0.3, -0.25) is 4.79 Å². The Morgan fingerprint density at radius 1 is 1.55 bits per heavy atom. The zero-order valence-electron chi connectivity index (χ0n) is 6.13. The summed E-state index contributed by atoms with van der Waals surface area (Å²) in [5.41, 5.74) is 0. The second-order valence-electron chi connectivity index (χ2n) is 2.08. The van der Waals surface area contributed by atoms with E-state index >= 15 is 0 Å². The first kappa shape index (κ1) is 10.3. The fourth-order valence-corrected chi connectivity index (χ4v) is 0.998. The van der Waals surface area contributed by atoms with Gasteiger partial charge in [-0.15, -0.1) is 3.89 Å². The number of hydrogen-bond acceptors (Lipinski definition) is 3. The van der Waals surface area contributed by atoms with Crippen LogP contribution in [0.5, 0.6) is 0 Å². The molecule has 0 rings (SSSR count). The smallest absolute Gasteiger partial charge is 0.302 e. The molecule has 0 fully saturated rings. The maximum absolute atomic E-state index is 11.8. The minimum Gasteiger partial charge on any atom is -0.356 e. The van der Waals surface area contributed by atoms with Crippen LogP contribution in [0.4, 0.5) is 3.89 Å². The number of carbonyl (C=O) groups is 1. The maximum atomic E-state index is 11.8. The van der Waals surface area contributed by atoms with E-state index in [0.717, 1.165) is 0 Å². The molecule has 0 unspecified atom stereocenters. The lowest BCUT2D eigenvalue weighted by molar-refractivity contribution is -0.118. The van der Waals surface area contributed by atoms with Crippen molar-refractivity contribution in [3.8, 4) is 0 Å². The van der Waals surface area contributed by atoms with Gasteiger partial charge in [0, 0.05) is 13.5 Å². The van der Waals surface area contributed by atoms with Crippen LogP contribution in [0.3, 0.4) is 0 Å². The molecule has 0 atom stereocenters. The van der Waals surface area contributed by atoms with Crippen LogP contribution >= 0.6 is 0 Å². The zero-order valence-corrected chi connectivity index (χ0v) is 6.95. The normalized spacial score (nSPS) is 11.1. The molecule has 0 aliphatic heterocycles. The second kappa shape index (κ2) is 4.27. The number of hydrogen-bond donors (Lipinski definition) is 1. The number of carbonyl (C=O) groups excluding carboxylic acids is 1. The standard InChI is InChI=1S/C5H10FNO3S/c1-5(8)7-3-2-4-11(6,9)10/h2-4H2,1H3,(H,7,8). The number of nitrogens with one attached hydrogen (secondary N) is 1. The third-order valence-corrected chi connectivity index (χ3v) is 1.72. The van der Waals surface area contributed by atoms with Crippen molar-refractivity contribution < 1.29 is 17.1 Å². The fraction of sp³-hybridized carbons (Fsp3) is 0.800. The van der Waals surface area contributed by atoms with Crippen molar-refractivity contribution in [3.05, 3.63) is 0 Å². The lowest BCUT2D eigenvalue weighted by atomic mass is 10.5. The Bertz CT molecular complexity index is 224. The van der Waals surface area contributed by atoms with E-state index in [1.54, 1.807) is 0 Å². The zero-order chi connectivity index (χ0) is 8.91. The molecule has 66 valence electrons. The molecule has 0 aromatic carbocycles. The quantitative estimate of drug-likeness (QED) is 0.485. The largest absolute Gasteiger partial charge is 0.356 e. The molecule has 0 saturated heterocycles. The lowest BCUT2D eigenvalue weighted by Crippen LogP contribution is -2.22. The lowest BCUT2D eigenvalue weighted by Gasteiger charge is -1.97. The molecule has 0 aliphatic carbocycles. The maximum Gasteiger partial charge on any atom is 0.302 e. The van der Waals surface area contributed by atoms with Crippen LogP contribution in [-0.2, 0) is 15.0 Å². The molecule has 0 aromatic rings. The predicted octanol–water partition coefficient (Wildman–Crippen LogP) is -0.188. The molecular weight excluding hydrogens is 173 g/mol. The van der Waals surface area contributed by atoms with Crippen LogP contribution < -0.4 is 5.32 Å². The molecule has 6 heteroatoms. The van der Waals surface area contributed by atoms with E-state index in [1.807, 2.05) is 0 Å². The van der Waals surface area contributed by atoms with Gasteiger partial charge >= 0.3 is 10.2 Å². The van der Waals surface area contributed by atoms with E-state index < -0.39 is 16.0 Å². The highest BCUT2D eigenvalue weighted by Gasteiger charge is 2.05. The Morgan fingerprint density at radius 3 is 2.45 bits per heavy atom. The molecule has 0 spiro atoms. The van der Waals surface area contributed by atoms with Gasteiger partial charge in [-0.2, -0.15) is 8.42 Å². The Balaban J connectivity index is 3.37. The minimum atomic E-state index is -4.37. The summed E-state index contributed by atoms with van der Waals surface area (Å²) < 4.78 is 31.6. The van der Waals surface area contributed by atoms with E-state index in [-0.39, 0.29) is 18.9 Å². The van der Waals surface area contributed by atoms with Crippen molar-refractivity contribution in [2.24, 2.45) is 0 Å². The first-order valence-corrected chi connectivity index (χ1v) is 4.64. The Hall–Kier alpha value is -0.650. The molecule has 1 amide bonds. The highest BCUT2D eigenvalue weighted by Crippen LogP contribution is 1.92. The van der Waals surface area contributed by atoms with E-state index in [1.165, 1.54) is 6.92 Å². The van der Waals surface area contributed by atoms with Crippen molar-refractivity contribution in [3.63, 3.8) is 0 Å². The summed E-state index contributed by atoms with van der Waals surface area (Å²) in [5, 5.41) is 2.35. The van der Waals surface area contributed by atoms with Gasteiger partial charge < -0.3 is 5.32 Å². The van der Waals surface area contributed by atoms with Gasteiger partial charge in [0.05, 0.1) is 5.75 Å². The summed E-state index contributed by atoms with van der Waals surface area (Å²) in [7, 11) is -4.37. The fourth-order valence-electron chi connectivity index (χ4n) is 0.509. The molecule has 0 radical (unpaired) electrons.